The molecule has 2 rings (SSSR count). The molecule has 1 atom stereocenters. The van der Waals surface area contributed by atoms with Gasteiger partial charge >= 0.3 is 17.9 Å². The Labute approximate surface area is 241 Å². The van der Waals surface area contributed by atoms with Gasteiger partial charge in [-0.3, -0.25) is 48.4 Å². The Morgan fingerprint density at radius 1 is 0.810 bits per heavy atom. The van der Waals surface area contributed by atoms with Crippen LogP contribution in [-0.4, -0.2) is 149 Å². The summed E-state index contributed by atoms with van der Waals surface area (Å²) < 4.78 is 0. The number of carbonyl (C=O) groups excluding carboxylic acids is 2. The Morgan fingerprint density at radius 2 is 1.33 bits per heavy atom. The normalized spacial score (nSPS) is 18.4. The topological polar surface area (TPSA) is 236 Å². The quantitative estimate of drug-likeness (QED) is 0.125. The highest BCUT2D eigenvalue weighted by Crippen LogP contribution is 2.16. The fourth-order valence-electron chi connectivity index (χ4n) is 4.65. The first kappa shape index (κ1) is 34.3. The molecule has 17 heteroatoms. The van der Waals surface area contributed by atoms with Crippen molar-refractivity contribution in [2.75, 3.05) is 83.9 Å². The number of carbonyl (C=O) groups is 5. The average Bonchev–Trinajstić information content (AvgIpc) is 2.91. The summed E-state index contributed by atoms with van der Waals surface area (Å²) in [5.41, 5.74) is 1.26. The molecule has 232 valence electrons. The third-order valence-corrected chi connectivity index (χ3v) is 6.59. The van der Waals surface area contributed by atoms with Gasteiger partial charge in [0.2, 0.25) is 0 Å². The first-order valence-electron chi connectivity index (χ1n) is 13.1. The van der Waals surface area contributed by atoms with Crippen LogP contribution in [0, 0.1) is 4.91 Å². The summed E-state index contributed by atoms with van der Waals surface area (Å²) >= 11 is 0. The number of benzene rings is 1. The van der Waals surface area contributed by atoms with Gasteiger partial charge in [-0.15, -0.1) is 4.91 Å². The molecule has 0 aromatic heterocycles. The highest BCUT2D eigenvalue weighted by molar-refractivity contribution is 5.91. The largest absolute Gasteiger partial charge is 0.480 e. The van der Waals surface area contributed by atoms with E-state index in [1.807, 2.05) is 0 Å². The van der Waals surface area contributed by atoms with Crippen molar-refractivity contribution in [3.05, 3.63) is 34.7 Å². The molecule has 2 amide bonds. The maximum atomic E-state index is 11.9. The van der Waals surface area contributed by atoms with Crippen molar-refractivity contribution in [3.8, 4) is 0 Å². The zero-order valence-electron chi connectivity index (χ0n) is 23.1. The number of hydrogen-bond donors (Lipinski definition) is 5. The van der Waals surface area contributed by atoms with E-state index in [9.17, 15) is 44.2 Å². The summed E-state index contributed by atoms with van der Waals surface area (Å²) in [6, 6.07) is 6.27. The van der Waals surface area contributed by atoms with Crippen LogP contribution in [0.25, 0.3) is 0 Å². The fraction of sp³-hybridized carbons (Fsp3) is 0.560. The van der Waals surface area contributed by atoms with Gasteiger partial charge in [0.15, 0.2) is 0 Å². The standard InChI is InChI=1S/C25H37N7O10/c26-42-17-22(34)27-19-3-1-18(2-4-19)11-20-12-31(15-24(37)38)8-7-30(14-23(35)36)6-5-29(13-21(33)28-41)9-10-32(20)16-25(39)40/h1-4,20H,5-17,26H2,(H,27,34)(H,35,36)(H,37,38)(H,39,40). The van der Waals surface area contributed by atoms with Crippen molar-refractivity contribution >= 4 is 35.4 Å². The van der Waals surface area contributed by atoms with Gasteiger partial charge in [0, 0.05) is 62.7 Å². The molecule has 1 heterocycles. The number of nitrogens with one attached hydrogen (secondary N) is 1. The minimum absolute atomic E-state index is 0.141. The lowest BCUT2D eigenvalue weighted by Gasteiger charge is -2.37. The predicted molar refractivity (Wildman–Crippen MR) is 147 cm³/mol. The summed E-state index contributed by atoms with van der Waals surface area (Å²) in [6.45, 7) is -0.453. The Morgan fingerprint density at radius 3 is 1.88 bits per heavy atom. The third-order valence-electron chi connectivity index (χ3n) is 6.59. The number of anilines is 1. The molecular weight excluding hydrogens is 558 g/mol. The van der Waals surface area contributed by atoms with E-state index < -0.39 is 35.8 Å². The molecule has 1 aliphatic rings. The monoisotopic (exact) mass is 595 g/mol. The lowest BCUT2D eigenvalue weighted by molar-refractivity contribution is -0.141. The van der Waals surface area contributed by atoms with Gasteiger partial charge in [-0.25, -0.2) is 5.90 Å². The van der Waals surface area contributed by atoms with Crippen LogP contribution in [0.2, 0.25) is 0 Å². The number of carboxylic acids is 3. The summed E-state index contributed by atoms with van der Waals surface area (Å²) in [7, 11) is 0. The van der Waals surface area contributed by atoms with Gasteiger partial charge < -0.3 is 20.6 Å². The first-order chi connectivity index (χ1) is 20.0. The fourth-order valence-corrected chi connectivity index (χ4v) is 4.65. The maximum absolute atomic E-state index is 11.9. The molecule has 1 aromatic rings. The van der Waals surface area contributed by atoms with Crippen molar-refractivity contribution in [2.45, 2.75) is 12.5 Å². The van der Waals surface area contributed by atoms with E-state index in [1.165, 1.54) is 0 Å². The summed E-state index contributed by atoms with van der Waals surface area (Å²) in [6.07, 6.45) is 0.303. The number of amides is 2. The van der Waals surface area contributed by atoms with E-state index in [2.05, 4.69) is 15.3 Å². The summed E-state index contributed by atoms with van der Waals surface area (Å²) in [5.74, 6) is 0.270. The Bertz CT molecular complexity index is 1090. The van der Waals surface area contributed by atoms with Crippen LogP contribution < -0.4 is 11.2 Å². The molecule has 42 heavy (non-hydrogen) atoms. The van der Waals surface area contributed by atoms with Gasteiger partial charge in [-0.05, 0) is 24.1 Å². The van der Waals surface area contributed by atoms with Crippen molar-refractivity contribution in [1.29, 1.82) is 0 Å². The van der Waals surface area contributed by atoms with Crippen LogP contribution in [0.4, 0.5) is 5.69 Å². The molecule has 1 fully saturated rings. The molecule has 0 saturated carbocycles. The van der Waals surface area contributed by atoms with Crippen LogP contribution >= 0.6 is 0 Å². The zero-order valence-corrected chi connectivity index (χ0v) is 23.1. The van der Waals surface area contributed by atoms with Crippen LogP contribution in [0.5, 0.6) is 0 Å². The molecule has 0 bridgehead atoms. The van der Waals surface area contributed by atoms with Crippen LogP contribution in [0.3, 0.4) is 0 Å². The second-order valence-electron chi connectivity index (χ2n) is 9.84. The zero-order chi connectivity index (χ0) is 31.1. The lowest BCUT2D eigenvalue weighted by Crippen LogP contribution is -2.53. The second kappa shape index (κ2) is 17.8. The van der Waals surface area contributed by atoms with E-state index in [-0.39, 0.29) is 78.6 Å². The van der Waals surface area contributed by atoms with Crippen LogP contribution in [-0.2, 0) is 35.2 Å². The molecule has 0 radical (unpaired) electrons. The van der Waals surface area contributed by atoms with E-state index in [4.69, 9.17) is 5.90 Å². The molecule has 0 spiro atoms. The first-order valence-corrected chi connectivity index (χ1v) is 13.1. The van der Waals surface area contributed by atoms with Crippen molar-refractivity contribution in [1.82, 2.24) is 19.6 Å². The lowest BCUT2D eigenvalue weighted by atomic mass is 10.0. The molecular formula is C25H37N7O10. The van der Waals surface area contributed by atoms with Gasteiger partial charge in [-0.2, -0.15) is 0 Å². The average molecular weight is 596 g/mol. The number of hydrogen-bond acceptors (Lipinski definition) is 12. The van der Waals surface area contributed by atoms with Crippen molar-refractivity contribution in [2.24, 2.45) is 11.1 Å². The molecule has 1 unspecified atom stereocenters. The van der Waals surface area contributed by atoms with Gasteiger partial charge in [0.1, 0.15) is 6.61 Å². The van der Waals surface area contributed by atoms with E-state index >= 15 is 0 Å². The molecule has 0 aliphatic carbocycles. The third kappa shape index (κ3) is 13.2. The molecule has 1 saturated heterocycles. The number of nitrogens with zero attached hydrogens (tertiary/aromatic N) is 5. The highest BCUT2D eigenvalue weighted by atomic mass is 16.6. The van der Waals surface area contributed by atoms with Gasteiger partial charge in [0.25, 0.3) is 11.8 Å². The van der Waals surface area contributed by atoms with E-state index in [0.717, 1.165) is 5.56 Å². The smallest absolute Gasteiger partial charge is 0.317 e. The number of aliphatic carboxylic acids is 3. The molecule has 1 aromatic carbocycles. The summed E-state index contributed by atoms with van der Waals surface area (Å²) in [4.78, 5) is 80.2. The van der Waals surface area contributed by atoms with Crippen LogP contribution in [0.1, 0.15) is 5.56 Å². The Balaban J connectivity index is 2.39. The summed E-state index contributed by atoms with van der Waals surface area (Å²) in [5, 5.41) is 33.7. The van der Waals surface area contributed by atoms with Crippen molar-refractivity contribution in [3.63, 3.8) is 0 Å². The minimum atomic E-state index is -1.11. The Kier molecular flexibility index (Phi) is 14.6. The minimum Gasteiger partial charge on any atom is -0.480 e. The van der Waals surface area contributed by atoms with Gasteiger partial charge in [0.05, 0.1) is 26.2 Å². The predicted octanol–water partition coefficient (Wildman–Crippen LogP) is -1.81. The maximum Gasteiger partial charge on any atom is 0.317 e. The molecule has 1 aliphatic heterocycles. The van der Waals surface area contributed by atoms with Gasteiger partial charge in [-0.1, -0.05) is 12.1 Å². The second-order valence-corrected chi connectivity index (χ2v) is 9.84. The number of nitroso groups, excluding NO2 is 1. The van der Waals surface area contributed by atoms with Crippen LogP contribution in [0.15, 0.2) is 29.4 Å². The molecule has 17 nitrogen and oxygen atoms in total. The Hall–Kier alpha value is -3.87. The number of rotatable bonds is 13. The molecule has 6 N–H and O–H groups in total. The SMILES string of the molecule is NOCC(=O)Nc1ccc(CC2CN(CC(=O)O)CCN(CC(=O)O)CCN(CC(=O)N=O)CCN2CC(=O)O)cc1. The number of carboxylic acid groups (broad SMARTS) is 3. The van der Waals surface area contributed by atoms with E-state index in [1.54, 1.807) is 43.9 Å². The highest BCUT2D eigenvalue weighted by Gasteiger charge is 2.27. The van der Waals surface area contributed by atoms with Crippen molar-refractivity contribution < 1.29 is 44.1 Å². The van der Waals surface area contributed by atoms with E-state index in [0.29, 0.717) is 12.1 Å². The number of nitrogens with two attached hydrogens (primary N) is 1.